The molecule has 1 aromatic rings. The van der Waals surface area contributed by atoms with E-state index in [4.69, 9.17) is 4.74 Å². The second kappa shape index (κ2) is 7.92. The van der Waals surface area contributed by atoms with E-state index in [2.05, 4.69) is 16.0 Å². The van der Waals surface area contributed by atoms with E-state index in [1.165, 1.54) is 23.4 Å². The summed E-state index contributed by atoms with van der Waals surface area (Å²) in [7, 11) is -3.59. The lowest BCUT2D eigenvalue weighted by Gasteiger charge is -2.42. The van der Waals surface area contributed by atoms with Crippen LogP contribution < -0.4 is 16.0 Å². The monoisotopic (exact) mass is 422 g/mol. The quantitative estimate of drug-likeness (QED) is 0.672. The van der Waals surface area contributed by atoms with Crippen LogP contribution in [0.4, 0.5) is 10.5 Å². The van der Waals surface area contributed by atoms with E-state index in [1.54, 1.807) is 12.1 Å². The fraction of sp³-hybridized carbons (Fsp3) is 0.579. The highest BCUT2D eigenvalue weighted by Crippen LogP contribution is 2.34. The molecule has 3 saturated heterocycles. The summed E-state index contributed by atoms with van der Waals surface area (Å²) >= 11 is 0. The number of amides is 3. The molecule has 0 radical (unpaired) electrons. The lowest BCUT2D eigenvalue weighted by atomic mass is 9.80. The second-order valence-corrected chi connectivity index (χ2v) is 9.77. The van der Waals surface area contributed by atoms with Gasteiger partial charge in [0.25, 0.3) is 0 Å². The van der Waals surface area contributed by atoms with Crippen LogP contribution in [-0.2, 0) is 19.6 Å². The molecule has 3 aliphatic heterocycles. The number of nitrogens with zero attached hydrogens (tertiary/aromatic N) is 1. The topological polar surface area (TPSA) is 117 Å². The van der Waals surface area contributed by atoms with Gasteiger partial charge in [0.05, 0.1) is 4.90 Å². The molecule has 0 bridgehead atoms. The van der Waals surface area contributed by atoms with E-state index in [-0.39, 0.29) is 40.9 Å². The summed E-state index contributed by atoms with van der Waals surface area (Å²) in [5.74, 6) is 0.244. The SMILES string of the molecule is CC(=O)Nc1ccc(S(=O)(=O)N2CCC([C@@H]3NC(=O)N[C@H]4OCC[C@H]43)CC2)cc1. The third kappa shape index (κ3) is 4.10. The van der Waals surface area contributed by atoms with Crippen LogP contribution in [0.1, 0.15) is 26.2 Å². The minimum Gasteiger partial charge on any atom is -0.358 e. The molecule has 10 heteroatoms. The molecule has 0 saturated carbocycles. The van der Waals surface area contributed by atoms with E-state index in [0.717, 1.165) is 6.42 Å². The first kappa shape index (κ1) is 20.1. The lowest BCUT2D eigenvalue weighted by Crippen LogP contribution is -2.62. The van der Waals surface area contributed by atoms with Crippen molar-refractivity contribution in [1.29, 1.82) is 0 Å². The zero-order valence-corrected chi connectivity index (χ0v) is 17.1. The molecule has 0 unspecified atom stereocenters. The summed E-state index contributed by atoms with van der Waals surface area (Å²) in [6.07, 6.45) is 2.04. The Balaban J connectivity index is 1.41. The zero-order valence-electron chi connectivity index (χ0n) is 16.3. The van der Waals surface area contributed by atoms with Crippen LogP contribution in [-0.4, -0.2) is 56.6 Å². The third-order valence-corrected chi connectivity index (χ3v) is 7.90. The largest absolute Gasteiger partial charge is 0.358 e. The molecule has 0 spiro atoms. The molecule has 29 heavy (non-hydrogen) atoms. The van der Waals surface area contributed by atoms with Crippen LogP contribution in [0.5, 0.6) is 0 Å². The number of sulfonamides is 1. The Labute approximate surface area is 170 Å². The Morgan fingerprint density at radius 1 is 1.14 bits per heavy atom. The van der Waals surface area contributed by atoms with Crippen molar-refractivity contribution in [3.05, 3.63) is 24.3 Å². The van der Waals surface area contributed by atoms with Gasteiger partial charge in [-0.15, -0.1) is 0 Å². The average molecular weight is 423 g/mol. The van der Waals surface area contributed by atoms with E-state index in [9.17, 15) is 18.0 Å². The second-order valence-electron chi connectivity index (χ2n) is 7.83. The molecule has 3 N–H and O–H groups in total. The molecule has 158 valence electrons. The summed E-state index contributed by atoms with van der Waals surface area (Å²) in [6, 6.07) is 6.00. The smallest absolute Gasteiger partial charge is 0.317 e. The summed E-state index contributed by atoms with van der Waals surface area (Å²) < 4.78 is 33.1. The summed E-state index contributed by atoms with van der Waals surface area (Å²) in [5.41, 5.74) is 0.560. The lowest BCUT2D eigenvalue weighted by molar-refractivity contribution is -0.114. The highest BCUT2D eigenvalue weighted by atomic mass is 32.2. The number of nitrogens with one attached hydrogen (secondary N) is 3. The summed E-state index contributed by atoms with van der Waals surface area (Å²) in [4.78, 5) is 23.3. The van der Waals surface area contributed by atoms with Gasteiger partial charge in [-0.25, -0.2) is 13.2 Å². The van der Waals surface area contributed by atoms with Gasteiger partial charge >= 0.3 is 6.03 Å². The molecule has 1 aromatic carbocycles. The number of fused-ring (bicyclic) bond motifs is 1. The maximum atomic E-state index is 13.0. The maximum Gasteiger partial charge on any atom is 0.317 e. The van der Waals surface area contributed by atoms with Crippen LogP contribution in [0.15, 0.2) is 29.2 Å². The molecule has 3 heterocycles. The molecule has 9 nitrogen and oxygen atoms in total. The van der Waals surface area contributed by atoms with E-state index in [0.29, 0.717) is 38.2 Å². The van der Waals surface area contributed by atoms with Gasteiger partial charge < -0.3 is 20.7 Å². The van der Waals surface area contributed by atoms with Crippen molar-refractivity contribution in [1.82, 2.24) is 14.9 Å². The van der Waals surface area contributed by atoms with Crippen molar-refractivity contribution in [3.8, 4) is 0 Å². The fourth-order valence-corrected chi connectivity index (χ4v) is 6.03. The third-order valence-electron chi connectivity index (χ3n) is 5.99. The van der Waals surface area contributed by atoms with Crippen LogP contribution in [0.3, 0.4) is 0 Å². The van der Waals surface area contributed by atoms with Crippen molar-refractivity contribution >= 4 is 27.6 Å². The predicted molar refractivity (Wildman–Crippen MR) is 106 cm³/mol. The Bertz CT molecular complexity index is 880. The van der Waals surface area contributed by atoms with Gasteiger partial charge in [-0.3, -0.25) is 4.79 Å². The van der Waals surface area contributed by atoms with Crippen molar-refractivity contribution < 1.29 is 22.7 Å². The molecule has 3 fully saturated rings. The first-order valence-corrected chi connectivity index (χ1v) is 11.3. The summed E-state index contributed by atoms with van der Waals surface area (Å²) in [5, 5.41) is 8.48. The van der Waals surface area contributed by atoms with Gasteiger partial charge in [-0.05, 0) is 49.4 Å². The van der Waals surface area contributed by atoms with Crippen LogP contribution in [0.2, 0.25) is 0 Å². The zero-order chi connectivity index (χ0) is 20.6. The van der Waals surface area contributed by atoms with Crippen LogP contribution >= 0.6 is 0 Å². The van der Waals surface area contributed by atoms with Gasteiger partial charge in [0.1, 0.15) is 6.23 Å². The van der Waals surface area contributed by atoms with Gasteiger partial charge in [-0.1, -0.05) is 0 Å². The minimum absolute atomic E-state index is 0.0121. The predicted octanol–water partition coefficient (Wildman–Crippen LogP) is 1.09. The van der Waals surface area contributed by atoms with Crippen molar-refractivity contribution in [2.24, 2.45) is 11.8 Å². The number of benzene rings is 1. The van der Waals surface area contributed by atoms with Crippen LogP contribution in [0, 0.1) is 11.8 Å². The van der Waals surface area contributed by atoms with Crippen molar-refractivity contribution in [3.63, 3.8) is 0 Å². The van der Waals surface area contributed by atoms with Gasteiger partial charge in [0.2, 0.25) is 15.9 Å². The molecular formula is C19H26N4O5S. The molecule has 3 amide bonds. The highest BCUT2D eigenvalue weighted by molar-refractivity contribution is 7.89. The Kier molecular flexibility index (Phi) is 5.50. The Morgan fingerprint density at radius 3 is 2.48 bits per heavy atom. The molecule has 0 aliphatic carbocycles. The highest BCUT2D eigenvalue weighted by Gasteiger charge is 2.45. The van der Waals surface area contributed by atoms with E-state index in [1.807, 2.05) is 0 Å². The Morgan fingerprint density at radius 2 is 1.83 bits per heavy atom. The number of hydrogen-bond acceptors (Lipinski definition) is 5. The van der Waals surface area contributed by atoms with E-state index >= 15 is 0 Å². The standard InChI is InChI=1S/C19H26N4O5S/c1-12(24)20-14-2-4-15(5-3-14)29(26,27)23-9-6-13(7-10-23)17-16-8-11-28-18(16)22-19(25)21-17/h2-5,13,16-18H,6-11H2,1H3,(H,20,24)(H2,21,22,25)/t16-,17-,18-/m0/s1. The number of ether oxygens (including phenoxy) is 1. The first-order valence-electron chi connectivity index (χ1n) is 9.91. The van der Waals surface area contributed by atoms with E-state index < -0.39 is 10.0 Å². The number of carbonyl (C=O) groups excluding carboxylic acids is 2. The number of piperidine rings is 1. The normalized spacial score (nSPS) is 28.3. The fourth-order valence-electron chi connectivity index (χ4n) is 4.56. The molecule has 4 rings (SSSR count). The number of rotatable bonds is 4. The number of anilines is 1. The Hall–Kier alpha value is -2.17. The first-order chi connectivity index (χ1) is 13.8. The maximum absolute atomic E-state index is 13.0. The number of urea groups is 1. The molecular weight excluding hydrogens is 396 g/mol. The van der Waals surface area contributed by atoms with Crippen molar-refractivity contribution in [2.45, 2.75) is 43.4 Å². The minimum atomic E-state index is -3.59. The number of carbonyl (C=O) groups is 2. The average Bonchev–Trinajstić information content (AvgIpc) is 3.16. The van der Waals surface area contributed by atoms with Crippen LogP contribution in [0.25, 0.3) is 0 Å². The van der Waals surface area contributed by atoms with Gasteiger partial charge in [-0.2, -0.15) is 4.31 Å². The number of hydrogen-bond donors (Lipinski definition) is 3. The molecule has 0 aromatic heterocycles. The van der Waals surface area contributed by atoms with Crippen molar-refractivity contribution in [2.75, 3.05) is 25.0 Å². The molecule has 3 atom stereocenters. The van der Waals surface area contributed by atoms with Gasteiger partial charge in [0.15, 0.2) is 0 Å². The van der Waals surface area contributed by atoms with Gasteiger partial charge in [0, 0.05) is 44.3 Å². The summed E-state index contributed by atoms with van der Waals surface area (Å²) in [6.45, 7) is 2.87. The molecule has 3 aliphatic rings.